The van der Waals surface area contributed by atoms with E-state index in [2.05, 4.69) is 26.1 Å². The predicted molar refractivity (Wildman–Crippen MR) is 61.0 cm³/mol. The van der Waals surface area contributed by atoms with Gasteiger partial charge in [0.05, 0.1) is 18.3 Å². The number of aromatic nitrogens is 4. The van der Waals surface area contributed by atoms with E-state index < -0.39 is 0 Å². The summed E-state index contributed by atoms with van der Waals surface area (Å²) in [6.45, 7) is 1.07. The van der Waals surface area contributed by atoms with E-state index in [1.165, 1.54) is 17.8 Å². The van der Waals surface area contributed by atoms with Gasteiger partial charge in [-0.2, -0.15) is 0 Å². The van der Waals surface area contributed by atoms with E-state index in [0.29, 0.717) is 0 Å². The maximum atomic E-state index is 4.43. The Kier molecular flexibility index (Phi) is 2.27. The summed E-state index contributed by atoms with van der Waals surface area (Å²) in [6.07, 6.45) is 11.2. The highest BCUT2D eigenvalue weighted by Gasteiger charge is 2.21. The molecule has 0 radical (unpaired) electrons. The molecule has 0 aromatic carbocycles. The lowest BCUT2D eigenvalue weighted by atomic mass is 9.89. The smallest absolute Gasteiger partial charge is 0.0949 e. The molecule has 4 nitrogen and oxygen atoms in total. The van der Waals surface area contributed by atoms with Crippen molar-refractivity contribution in [2.24, 2.45) is 13.0 Å². The van der Waals surface area contributed by atoms with Gasteiger partial charge in [-0.15, -0.1) is 0 Å². The van der Waals surface area contributed by atoms with E-state index >= 15 is 0 Å². The summed E-state index contributed by atoms with van der Waals surface area (Å²) in [7, 11) is 2.09. The highest BCUT2D eigenvalue weighted by molar-refractivity contribution is 5.17. The van der Waals surface area contributed by atoms with Crippen molar-refractivity contribution in [1.29, 1.82) is 0 Å². The van der Waals surface area contributed by atoms with E-state index in [1.54, 1.807) is 0 Å². The molecule has 1 unspecified atom stereocenters. The first-order valence-corrected chi connectivity index (χ1v) is 5.78. The summed E-state index contributed by atoms with van der Waals surface area (Å²) in [6, 6.07) is 0. The van der Waals surface area contributed by atoms with Gasteiger partial charge in [-0.3, -0.25) is 0 Å². The third-order valence-corrected chi connectivity index (χ3v) is 3.45. The molecule has 2 aromatic rings. The van der Waals surface area contributed by atoms with Crippen molar-refractivity contribution in [3.8, 4) is 0 Å². The quantitative estimate of drug-likeness (QED) is 0.761. The largest absolute Gasteiger partial charge is 0.337 e. The Morgan fingerprint density at radius 2 is 2.38 bits per heavy atom. The van der Waals surface area contributed by atoms with Crippen molar-refractivity contribution >= 4 is 0 Å². The van der Waals surface area contributed by atoms with Gasteiger partial charge in [0.15, 0.2) is 0 Å². The first-order valence-electron chi connectivity index (χ1n) is 5.78. The topological polar surface area (TPSA) is 35.6 Å². The van der Waals surface area contributed by atoms with Crippen LogP contribution in [0.4, 0.5) is 0 Å². The van der Waals surface area contributed by atoms with Crippen LogP contribution >= 0.6 is 0 Å². The monoisotopic (exact) mass is 216 g/mol. The average Bonchev–Trinajstić information content (AvgIpc) is 2.90. The van der Waals surface area contributed by atoms with Crippen LogP contribution in [0.1, 0.15) is 17.8 Å². The fourth-order valence-corrected chi connectivity index (χ4v) is 2.54. The summed E-state index contributed by atoms with van der Waals surface area (Å²) < 4.78 is 4.33. The molecule has 0 fully saturated rings. The molecule has 0 aliphatic heterocycles. The Morgan fingerprint density at radius 3 is 3.19 bits per heavy atom. The van der Waals surface area contributed by atoms with Gasteiger partial charge in [-0.1, -0.05) is 0 Å². The minimum atomic E-state index is 0.720. The summed E-state index contributed by atoms with van der Waals surface area (Å²) in [5.74, 6) is 0.720. The van der Waals surface area contributed by atoms with Crippen LogP contribution in [0.15, 0.2) is 25.0 Å². The van der Waals surface area contributed by atoms with Crippen LogP contribution in [0.5, 0.6) is 0 Å². The van der Waals surface area contributed by atoms with Crippen molar-refractivity contribution in [3.63, 3.8) is 0 Å². The van der Waals surface area contributed by atoms with Gasteiger partial charge in [-0.05, 0) is 25.2 Å². The number of hydrogen-bond donors (Lipinski definition) is 0. The average molecular weight is 216 g/mol. The van der Waals surface area contributed by atoms with Crippen LogP contribution in [-0.4, -0.2) is 19.1 Å². The lowest BCUT2D eigenvalue weighted by Gasteiger charge is -2.22. The second-order valence-corrected chi connectivity index (χ2v) is 4.62. The molecule has 2 heterocycles. The molecule has 0 N–H and O–H groups in total. The minimum Gasteiger partial charge on any atom is -0.337 e. The second-order valence-electron chi connectivity index (χ2n) is 4.62. The molecular weight excluding hydrogens is 200 g/mol. The normalized spacial score (nSPS) is 19.7. The maximum absolute atomic E-state index is 4.43. The summed E-state index contributed by atoms with van der Waals surface area (Å²) in [4.78, 5) is 8.52. The van der Waals surface area contributed by atoms with Crippen LogP contribution in [0.2, 0.25) is 0 Å². The van der Waals surface area contributed by atoms with Crippen molar-refractivity contribution in [2.45, 2.75) is 25.8 Å². The van der Waals surface area contributed by atoms with Crippen molar-refractivity contribution in [2.75, 3.05) is 0 Å². The van der Waals surface area contributed by atoms with Gasteiger partial charge < -0.3 is 9.13 Å². The van der Waals surface area contributed by atoms with Gasteiger partial charge in [0.25, 0.3) is 0 Å². The first kappa shape index (κ1) is 9.63. The molecule has 0 spiro atoms. The zero-order valence-corrected chi connectivity index (χ0v) is 9.50. The zero-order valence-electron chi connectivity index (χ0n) is 9.50. The third kappa shape index (κ3) is 1.64. The van der Waals surface area contributed by atoms with Crippen LogP contribution in [0.3, 0.4) is 0 Å². The number of hydrogen-bond acceptors (Lipinski definition) is 2. The van der Waals surface area contributed by atoms with Gasteiger partial charge in [-0.25, -0.2) is 9.97 Å². The van der Waals surface area contributed by atoms with Crippen molar-refractivity contribution in [3.05, 3.63) is 36.4 Å². The lowest BCUT2D eigenvalue weighted by Crippen LogP contribution is -2.20. The molecule has 84 valence electrons. The van der Waals surface area contributed by atoms with Gasteiger partial charge in [0.2, 0.25) is 0 Å². The van der Waals surface area contributed by atoms with Gasteiger partial charge >= 0.3 is 0 Å². The Hall–Kier alpha value is -1.58. The number of nitrogens with zero attached hydrogens (tertiary/aromatic N) is 4. The lowest BCUT2D eigenvalue weighted by molar-refractivity contribution is 0.385. The Bertz CT molecular complexity index is 469. The molecule has 1 aliphatic carbocycles. The fourth-order valence-electron chi connectivity index (χ4n) is 2.54. The van der Waals surface area contributed by atoms with Crippen molar-refractivity contribution in [1.82, 2.24) is 19.1 Å². The third-order valence-electron chi connectivity index (χ3n) is 3.45. The highest BCUT2D eigenvalue weighted by Crippen LogP contribution is 2.25. The molecule has 1 aliphatic rings. The zero-order chi connectivity index (χ0) is 11.0. The van der Waals surface area contributed by atoms with E-state index in [-0.39, 0.29) is 0 Å². The van der Waals surface area contributed by atoms with Gasteiger partial charge in [0, 0.05) is 31.7 Å². The fraction of sp³-hybridized carbons (Fsp3) is 0.500. The molecule has 16 heavy (non-hydrogen) atoms. The Labute approximate surface area is 94.9 Å². The second kappa shape index (κ2) is 3.77. The Balaban J connectivity index is 1.75. The van der Waals surface area contributed by atoms with Crippen LogP contribution < -0.4 is 0 Å². The van der Waals surface area contributed by atoms with Gasteiger partial charge in [0.1, 0.15) is 0 Å². The van der Waals surface area contributed by atoms with Crippen LogP contribution in [0, 0.1) is 5.92 Å². The first-order chi connectivity index (χ1) is 7.83. The molecular formula is C12H16N4. The minimum absolute atomic E-state index is 0.720. The SMILES string of the molecule is Cn1cnc2c1CC(Cn1ccnc1)CC2. The number of fused-ring (bicyclic) bond motifs is 1. The van der Waals surface area contributed by atoms with E-state index in [9.17, 15) is 0 Å². The molecule has 4 heteroatoms. The summed E-state index contributed by atoms with van der Waals surface area (Å²) in [5, 5.41) is 0. The number of aryl methyl sites for hydroxylation is 2. The molecule has 2 aromatic heterocycles. The molecule has 1 atom stereocenters. The number of rotatable bonds is 2. The highest BCUT2D eigenvalue weighted by atomic mass is 15.0. The van der Waals surface area contributed by atoms with E-state index in [4.69, 9.17) is 0 Å². The molecule has 0 bridgehead atoms. The number of imidazole rings is 2. The van der Waals surface area contributed by atoms with Crippen molar-refractivity contribution < 1.29 is 0 Å². The summed E-state index contributed by atoms with van der Waals surface area (Å²) >= 11 is 0. The van der Waals surface area contributed by atoms with Crippen LogP contribution in [0.25, 0.3) is 0 Å². The van der Waals surface area contributed by atoms with E-state index in [0.717, 1.165) is 25.3 Å². The molecule has 3 rings (SSSR count). The predicted octanol–water partition coefficient (Wildman–Crippen LogP) is 1.42. The maximum Gasteiger partial charge on any atom is 0.0949 e. The Morgan fingerprint density at radius 1 is 1.44 bits per heavy atom. The molecule has 0 saturated carbocycles. The van der Waals surface area contributed by atoms with Crippen LogP contribution in [-0.2, 0) is 26.4 Å². The standard InChI is InChI=1S/C12H16N4/c1-15-9-14-11-3-2-10(6-12(11)15)7-16-5-4-13-8-16/h4-5,8-10H,2-3,6-7H2,1H3. The molecule has 0 saturated heterocycles. The molecule has 0 amide bonds. The van der Waals surface area contributed by atoms with E-state index in [1.807, 2.05) is 25.0 Å². The summed E-state index contributed by atoms with van der Waals surface area (Å²) in [5.41, 5.74) is 2.71.